The Kier molecular flexibility index (Phi) is 11.4. The van der Waals surface area contributed by atoms with Gasteiger partial charge < -0.3 is 19.4 Å². The molecule has 1 amide bonds. The van der Waals surface area contributed by atoms with E-state index in [4.69, 9.17) is 31.0 Å². The number of hydrogen-bond acceptors (Lipinski definition) is 12. The molecule has 308 valence electrons. The fourth-order valence-electron chi connectivity index (χ4n) is 8.25. The number of nitriles is 1. The molecule has 0 spiro atoms. The van der Waals surface area contributed by atoms with Crippen LogP contribution >= 0.6 is 22.9 Å². The van der Waals surface area contributed by atoms with E-state index in [1.807, 2.05) is 13.0 Å². The number of aliphatic imine (C=N–C) groups is 1. The largest absolute Gasteiger partial charge is 0.490 e. The Balaban J connectivity index is 0.790. The SMILES string of the molecule is Cc1sc2c(c1C)C(c1ccc(C#CC3CCN(c4ccc(C(=O)NC5CCC(Oc6ccc(C#N)c(Cl)c6)CC5)nn4)CC3)cc1)=N[C@H](Cc1ncco1)c1nnc(C)n1-2. The van der Waals surface area contributed by atoms with Crippen LogP contribution in [0.2, 0.25) is 5.02 Å². The van der Waals surface area contributed by atoms with Crippen LogP contribution in [0.15, 0.2) is 76.5 Å². The van der Waals surface area contributed by atoms with E-state index >= 15 is 0 Å². The van der Waals surface area contributed by atoms with Gasteiger partial charge in [0, 0.05) is 52.7 Å². The average molecular weight is 851 g/mol. The van der Waals surface area contributed by atoms with Gasteiger partial charge in [0.2, 0.25) is 0 Å². The van der Waals surface area contributed by atoms with Crippen molar-refractivity contribution in [1.29, 1.82) is 5.26 Å². The minimum absolute atomic E-state index is 0.0249. The average Bonchev–Trinajstić information content (AvgIpc) is 3.99. The smallest absolute Gasteiger partial charge is 0.272 e. The summed E-state index contributed by atoms with van der Waals surface area (Å²) in [7, 11) is 0. The number of hydrogen-bond donors (Lipinski definition) is 1. The van der Waals surface area contributed by atoms with Crippen molar-refractivity contribution in [1.82, 2.24) is 35.3 Å². The minimum Gasteiger partial charge on any atom is -0.490 e. The summed E-state index contributed by atoms with van der Waals surface area (Å²) in [5.41, 5.74) is 5.91. The minimum atomic E-state index is -0.324. The van der Waals surface area contributed by atoms with E-state index < -0.39 is 0 Å². The maximum absolute atomic E-state index is 13.1. The highest BCUT2D eigenvalue weighted by Crippen LogP contribution is 2.39. The van der Waals surface area contributed by atoms with Crippen LogP contribution in [0.25, 0.3) is 5.00 Å². The summed E-state index contributed by atoms with van der Waals surface area (Å²) in [6.07, 6.45) is 8.73. The number of nitrogens with zero attached hydrogens (tertiary/aromatic N) is 9. The van der Waals surface area contributed by atoms with Gasteiger partial charge in [-0.3, -0.25) is 14.4 Å². The highest BCUT2D eigenvalue weighted by molar-refractivity contribution is 7.15. The number of aryl methyl sites for hydroxylation is 2. The highest BCUT2D eigenvalue weighted by atomic mass is 35.5. The number of carbonyl (C=O) groups is 1. The van der Waals surface area contributed by atoms with E-state index in [2.05, 4.69) is 96.2 Å². The molecule has 0 radical (unpaired) electrons. The van der Waals surface area contributed by atoms with E-state index in [-0.39, 0.29) is 30.0 Å². The molecule has 3 aliphatic rings. The number of rotatable bonds is 8. The second kappa shape index (κ2) is 17.3. The standard InChI is InChI=1S/C46H43ClN10O3S/c1-27-28(2)61-46-42(27)43(51-39(25-41-49-20-23-59-41)44-55-52-29(3)57(44)46)32-8-6-30(7-9-32)4-5-31-18-21-56(22-19-31)40-17-16-38(53-54-40)45(58)50-34-11-14-35(15-12-34)60-36-13-10-33(26-48)37(47)24-36/h6-10,13,16-17,20,23-24,31,34-35,39H,11-12,14-15,18-19,21-22,25H2,1-3H3,(H,50,58)/t34?,35?,39-/m1/s1. The molecule has 2 fully saturated rings. The summed E-state index contributed by atoms with van der Waals surface area (Å²) in [6.45, 7) is 7.90. The fraction of sp³-hybridized carbons (Fsp3) is 0.348. The van der Waals surface area contributed by atoms with Crippen molar-refractivity contribution in [2.75, 3.05) is 18.0 Å². The van der Waals surface area contributed by atoms with Gasteiger partial charge in [-0.15, -0.1) is 31.7 Å². The Labute approximate surface area is 362 Å². The highest BCUT2D eigenvalue weighted by Gasteiger charge is 2.32. The molecule has 61 heavy (non-hydrogen) atoms. The van der Waals surface area contributed by atoms with E-state index in [9.17, 15) is 4.79 Å². The van der Waals surface area contributed by atoms with Crippen molar-refractivity contribution in [3.8, 4) is 28.7 Å². The number of oxazole rings is 1. The summed E-state index contributed by atoms with van der Waals surface area (Å²) in [4.78, 5) is 26.2. The zero-order valence-electron chi connectivity index (χ0n) is 34.1. The fourth-order valence-corrected chi connectivity index (χ4v) is 9.67. The molecule has 0 bridgehead atoms. The first-order valence-corrected chi connectivity index (χ1v) is 21.8. The van der Waals surface area contributed by atoms with Crippen molar-refractivity contribution in [3.63, 3.8) is 0 Å². The molecule has 1 saturated carbocycles. The first-order chi connectivity index (χ1) is 29.7. The van der Waals surface area contributed by atoms with Crippen molar-refractivity contribution < 1.29 is 13.9 Å². The van der Waals surface area contributed by atoms with Gasteiger partial charge >= 0.3 is 0 Å². The molecule has 13 nitrogen and oxygen atoms in total. The lowest BCUT2D eigenvalue weighted by Gasteiger charge is -2.30. The Morgan fingerprint density at radius 3 is 2.49 bits per heavy atom. The second-order valence-electron chi connectivity index (χ2n) is 15.7. The number of carbonyl (C=O) groups excluding carboxylic acids is 1. The van der Waals surface area contributed by atoms with Gasteiger partial charge in [-0.05, 0) is 101 Å². The molecule has 1 aliphatic carbocycles. The third-order valence-corrected chi connectivity index (χ3v) is 13.3. The number of thiophene rings is 1. The van der Waals surface area contributed by atoms with Crippen molar-refractivity contribution in [2.24, 2.45) is 10.9 Å². The molecule has 4 aromatic heterocycles. The lowest BCUT2D eigenvalue weighted by atomic mass is 9.93. The van der Waals surface area contributed by atoms with Crippen LogP contribution in [0.5, 0.6) is 5.75 Å². The van der Waals surface area contributed by atoms with E-state index in [0.717, 1.165) is 96.5 Å². The summed E-state index contributed by atoms with van der Waals surface area (Å²) < 4.78 is 13.9. The molecule has 15 heteroatoms. The quantitative estimate of drug-likeness (QED) is 0.148. The van der Waals surface area contributed by atoms with E-state index in [1.165, 1.54) is 10.4 Å². The Bertz CT molecular complexity index is 2690. The number of anilines is 1. The molecule has 6 heterocycles. The number of fused-ring (bicyclic) bond motifs is 3. The number of halogens is 1. The third-order valence-electron chi connectivity index (χ3n) is 11.7. The van der Waals surface area contributed by atoms with Gasteiger partial charge in [0.15, 0.2) is 23.2 Å². The maximum atomic E-state index is 13.1. The predicted octanol–water partition coefficient (Wildman–Crippen LogP) is 8.08. The molecule has 1 saturated heterocycles. The number of aromatic nitrogens is 6. The number of amides is 1. The molecule has 0 unspecified atom stereocenters. The first kappa shape index (κ1) is 40.1. The third kappa shape index (κ3) is 8.51. The monoisotopic (exact) mass is 850 g/mol. The number of nitrogens with one attached hydrogen (secondary N) is 1. The van der Waals surface area contributed by atoms with Crippen LogP contribution in [0.4, 0.5) is 5.82 Å². The zero-order valence-corrected chi connectivity index (χ0v) is 35.6. The lowest BCUT2D eigenvalue weighted by molar-refractivity contribution is 0.0888. The lowest BCUT2D eigenvalue weighted by Crippen LogP contribution is -2.40. The molecule has 9 rings (SSSR count). The second-order valence-corrected chi connectivity index (χ2v) is 17.3. The van der Waals surface area contributed by atoms with Crippen molar-refractivity contribution in [3.05, 3.63) is 128 Å². The van der Waals surface area contributed by atoms with Gasteiger partial charge in [-0.25, -0.2) is 4.98 Å². The number of ether oxygens (including phenoxy) is 1. The molecule has 2 aliphatic heterocycles. The number of piperidine rings is 1. The molecule has 1 N–H and O–H groups in total. The van der Waals surface area contributed by atoms with Crippen LogP contribution in [0, 0.1) is 49.9 Å². The first-order valence-electron chi connectivity index (χ1n) is 20.6. The molecular weight excluding hydrogens is 808 g/mol. The van der Waals surface area contributed by atoms with E-state index in [1.54, 1.807) is 48.1 Å². The maximum Gasteiger partial charge on any atom is 0.272 e. The summed E-state index contributed by atoms with van der Waals surface area (Å²) >= 11 is 7.90. The van der Waals surface area contributed by atoms with Crippen molar-refractivity contribution >= 4 is 40.4 Å². The normalized spacial score (nSPS) is 18.8. The van der Waals surface area contributed by atoms with Crippen LogP contribution in [-0.4, -0.2) is 66.8 Å². The summed E-state index contributed by atoms with van der Waals surface area (Å²) in [5, 5.41) is 31.4. The van der Waals surface area contributed by atoms with Gasteiger partial charge in [-0.1, -0.05) is 35.6 Å². The Morgan fingerprint density at radius 2 is 1.79 bits per heavy atom. The topological polar surface area (TPSA) is 160 Å². The van der Waals surface area contributed by atoms with Gasteiger partial charge in [0.25, 0.3) is 5.91 Å². The van der Waals surface area contributed by atoms with Gasteiger partial charge in [0.05, 0.1) is 35.0 Å². The molecular formula is C46H43ClN10O3S. The van der Waals surface area contributed by atoms with Crippen molar-refractivity contribution in [2.45, 2.75) is 83.9 Å². The predicted molar refractivity (Wildman–Crippen MR) is 233 cm³/mol. The molecule has 1 atom stereocenters. The van der Waals surface area contributed by atoms with Crippen LogP contribution in [0.3, 0.4) is 0 Å². The zero-order chi connectivity index (χ0) is 42.0. The Hall–Kier alpha value is -6.35. The van der Waals surface area contributed by atoms with Crippen LogP contribution < -0.4 is 15.0 Å². The van der Waals surface area contributed by atoms with Crippen LogP contribution in [-0.2, 0) is 6.42 Å². The summed E-state index contributed by atoms with van der Waals surface area (Å²) in [6, 6.07) is 18.9. The van der Waals surface area contributed by atoms with Gasteiger partial charge in [-0.2, -0.15) is 5.26 Å². The number of benzene rings is 2. The van der Waals surface area contributed by atoms with Crippen LogP contribution in [0.1, 0.15) is 105 Å². The van der Waals surface area contributed by atoms with E-state index in [0.29, 0.717) is 34.3 Å². The molecule has 2 aromatic carbocycles. The Morgan fingerprint density at radius 1 is 0.984 bits per heavy atom. The molecule has 6 aromatic rings. The summed E-state index contributed by atoms with van der Waals surface area (Å²) in [5.74, 6) is 10.6. The van der Waals surface area contributed by atoms with Gasteiger partial charge in [0.1, 0.15) is 34.9 Å².